The second-order valence-electron chi connectivity index (χ2n) is 5.34. The second-order valence-corrected chi connectivity index (χ2v) is 5.34. The van der Waals surface area contributed by atoms with Crippen molar-refractivity contribution in [1.29, 1.82) is 0 Å². The van der Waals surface area contributed by atoms with E-state index in [2.05, 4.69) is 15.3 Å². The number of ether oxygens (including phenoxy) is 1. The number of methoxy groups -OCH3 is 1. The molecule has 6 nitrogen and oxygen atoms in total. The number of benzene rings is 2. The molecule has 2 aromatic carbocycles. The molecule has 0 aliphatic rings. The lowest BCUT2D eigenvalue weighted by molar-refractivity contribution is 0.0600. The van der Waals surface area contributed by atoms with Crippen LogP contribution in [0.1, 0.15) is 26.3 Å². The predicted molar refractivity (Wildman–Crippen MR) is 93.6 cm³/mol. The Kier molecular flexibility index (Phi) is 5.84. The zero-order valence-electron chi connectivity index (χ0n) is 14.1. The van der Waals surface area contributed by atoms with Crippen LogP contribution in [-0.4, -0.2) is 39.3 Å². The van der Waals surface area contributed by atoms with Gasteiger partial charge in [0.15, 0.2) is 0 Å². The summed E-state index contributed by atoms with van der Waals surface area (Å²) in [5.41, 5.74) is 3.79. The van der Waals surface area contributed by atoms with Crippen molar-refractivity contribution >= 4 is 23.8 Å². The van der Waals surface area contributed by atoms with Gasteiger partial charge >= 0.3 is 5.97 Å². The fraction of sp³-hybridized carbons (Fsp3) is 0.167. The minimum atomic E-state index is -0.644. The third-order valence-electron chi connectivity index (χ3n) is 3.42. The molecule has 0 aromatic heterocycles. The van der Waals surface area contributed by atoms with Gasteiger partial charge in [-0.15, -0.1) is 0 Å². The van der Waals surface area contributed by atoms with E-state index in [0.29, 0.717) is 5.56 Å². The lowest BCUT2D eigenvalue weighted by Gasteiger charge is -2.15. The first kappa shape index (κ1) is 18.1. The average molecular weight is 343 g/mol. The molecule has 0 atom stereocenters. The summed E-state index contributed by atoms with van der Waals surface area (Å²) in [5.74, 6) is -1.68. The molecule has 0 unspecified atom stereocenters. The van der Waals surface area contributed by atoms with Crippen molar-refractivity contribution in [3.63, 3.8) is 0 Å². The van der Waals surface area contributed by atoms with E-state index in [1.165, 1.54) is 25.5 Å². The van der Waals surface area contributed by atoms with Crippen molar-refractivity contribution < 1.29 is 18.7 Å². The molecule has 1 N–H and O–H groups in total. The van der Waals surface area contributed by atoms with E-state index < -0.39 is 17.7 Å². The number of carbonyl (C=O) groups excluding carboxylic acids is 2. The lowest BCUT2D eigenvalue weighted by Crippen LogP contribution is -2.21. The highest BCUT2D eigenvalue weighted by molar-refractivity contribution is 6.00. The van der Waals surface area contributed by atoms with Crippen LogP contribution in [0.3, 0.4) is 0 Å². The number of para-hydroxylation sites is 1. The Morgan fingerprint density at radius 2 is 1.92 bits per heavy atom. The maximum absolute atomic E-state index is 13.9. The first-order chi connectivity index (χ1) is 11.9. The van der Waals surface area contributed by atoms with Crippen molar-refractivity contribution in [3.05, 3.63) is 65.0 Å². The summed E-state index contributed by atoms with van der Waals surface area (Å²) in [6, 6.07) is 10.9. The van der Waals surface area contributed by atoms with Gasteiger partial charge in [0.1, 0.15) is 5.82 Å². The number of hydrogen-bond donors (Lipinski definition) is 1. The van der Waals surface area contributed by atoms with Crippen LogP contribution in [0.4, 0.5) is 10.1 Å². The van der Waals surface area contributed by atoms with Crippen LogP contribution < -0.4 is 10.3 Å². The maximum atomic E-state index is 13.9. The van der Waals surface area contributed by atoms with E-state index in [1.807, 2.05) is 31.1 Å². The van der Waals surface area contributed by atoms with Gasteiger partial charge in [-0.2, -0.15) is 5.10 Å². The molecule has 0 fully saturated rings. The Morgan fingerprint density at radius 3 is 2.56 bits per heavy atom. The molecule has 0 bridgehead atoms. The smallest absolute Gasteiger partial charge is 0.337 e. The van der Waals surface area contributed by atoms with Crippen molar-refractivity contribution in [2.75, 3.05) is 26.1 Å². The third kappa shape index (κ3) is 4.41. The maximum Gasteiger partial charge on any atom is 0.337 e. The molecule has 0 spiro atoms. The standard InChI is InChI=1S/C18H18FN3O3/c1-22(2)16-7-5-4-6-14(16)17(23)21-20-11-13-9-8-12(10-15(13)19)18(24)25-3/h4-11H,1-3H3,(H,21,23)/b20-11+. The van der Waals surface area contributed by atoms with Crippen LogP contribution in [0.5, 0.6) is 0 Å². The quantitative estimate of drug-likeness (QED) is 0.514. The van der Waals surface area contributed by atoms with Gasteiger partial charge in [-0.3, -0.25) is 4.79 Å². The second kappa shape index (κ2) is 8.05. The third-order valence-corrected chi connectivity index (χ3v) is 3.42. The highest BCUT2D eigenvalue weighted by Crippen LogP contribution is 2.17. The Hall–Kier alpha value is -3.22. The summed E-state index contributed by atoms with van der Waals surface area (Å²) < 4.78 is 18.5. The van der Waals surface area contributed by atoms with E-state index in [1.54, 1.807) is 12.1 Å². The minimum Gasteiger partial charge on any atom is -0.465 e. The number of nitrogens with zero attached hydrogens (tertiary/aromatic N) is 2. The van der Waals surface area contributed by atoms with E-state index in [9.17, 15) is 14.0 Å². The molecular weight excluding hydrogens is 325 g/mol. The molecule has 25 heavy (non-hydrogen) atoms. The zero-order valence-corrected chi connectivity index (χ0v) is 14.1. The average Bonchev–Trinajstić information content (AvgIpc) is 2.62. The Labute approximate surface area is 144 Å². The number of hydrazone groups is 1. The van der Waals surface area contributed by atoms with Crippen LogP contribution in [0, 0.1) is 5.82 Å². The topological polar surface area (TPSA) is 71.0 Å². The van der Waals surface area contributed by atoms with E-state index in [-0.39, 0.29) is 11.1 Å². The van der Waals surface area contributed by atoms with Gasteiger partial charge in [0, 0.05) is 25.3 Å². The summed E-state index contributed by atoms with van der Waals surface area (Å²) >= 11 is 0. The fourth-order valence-electron chi connectivity index (χ4n) is 2.15. The van der Waals surface area contributed by atoms with Gasteiger partial charge in [0.25, 0.3) is 5.91 Å². The first-order valence-electron chi connectivity index (χ1n) is 7.41. The molecule has 130 valence electrons. The van der Waals surface area contributed by atoms with Crippen molar-refractivity contribution in [3.8, 4) is 0 Å². The van der Waals surface area contributed by atoms with Crippen LogP contribution in [0.25, 0.3) is 0 Å². The molecule has 0 radical (unpaired) electrons. The molecule has 2 rings (SSSR count). The van der Waals surface area contributed by atoms with Gasteiger partial charge in [-0.25, -0.2) is 14.6 Å². The normalized spacial score (nSPS) is 10.6. The molecular formula is C18H18FN3O3. The molecule has 0 aliphatic carbocycles. The number of hydrogen-bond acceptors (Lipinski definition) is 5. The number of nitrogens with one attached hydrogen (secondary N) is 1. The zero-order chi connectivity index (χ0) is 18.4. The summed E-state index contributed by atoms with van der Waals surface area (Å²) in [6.07, 6.45) is 1.17. The molecule has 0 saturated carbocycles. The lowest BCUT2D eigenvalue weighted by atomic mass is 10.1. The Balaban J connectivity index is 2.11. The summed E-state index contributed by atoms with van der Waals surface area (Å²) in [5, 5.41) is 3.77. The number of halogens is 1. The van der Waals surface area contributed by atoms with Crippen LogP contribution in [-0.2, 0) is 4.74 Å². The van der Waals surface area contributed by atoms with Gasteiger partial charge in [-0.05, 0) is 30.3 Å². The van der Waals surface area contributed by atoms with E-state index in [4.69, 9.17) is 0 Å². The number of anilines is 1. The molecule has 1 amide bonds. The summed E-state index contributed by atoms with van der Waals surface area (Å²) in [4.78, 5) is 25.4. The predicted octanol–water partition coefficient (Wildman–Crippen LogP) is 2.44. The van der Waals surface area contributed by atoms with Crippen LogP contribution >= 0.6 is 0 Å². The highest BCUT2D eigenvalue weighted by atomic mass is 19.1. The van der Waals surface area contributed by atoms with Crippen molar-refractivity contribution in [2.45, 2.75) is 0 Å². The Bertz CT molecular complexity index is 819. The number of carbonyl (C=O) groups is 2. The molecule has 0 heterocycles. The molecule has 2 aromatic rings. The number of amides is 1. The fourth-order valence-corrected chi connectivity index (χ4v) is 2.15. The van der Waals surface area contributed by atoms with Crippen molar-refractivity contribution in [1.82, 2.24) is 5.43 Å². The first-order valence-corrected chi connectivity index (χ1v) is 7.41. The molecule has 0 aliphatic heterocycles. The largest absolute Gasteiger partial charge is 0.465 e. The molecule has 0 saturated heterocycles. The van der Waals surface area contributed by atoms with Crippen LogP contribution in [0.15, 0.2) is 47.6 Å². The van der Waals surface area contributed by atoms with Crippen molar-refractivity contribution in [2.24, 2.45) is 5.10 Å². The molecule has 7 heteroatoms. The van der Waals surface area contributed by atoms with E-state index in [0.717, 1.165) is 11.8 Å². The number of esters is 1. The SMILES string of the molecule is COC(=O)c1ccc(/C=N/NC(=O)c2ccccc2N(C)C)c(F)c1. The van der Waals surface area contributed by atoms with Crippen LogP contribution in [0.2, 0.25) is 0 Å². The van der Waals surface area contributed by atoms with Gasteiger partial charge in [0.05, 0.1) is 24.5 Å². The highest BCUT2D eigenvalue weighted by Gasteiger charge is 2.12. The van der Waals surface area contributed by atoms with Gasteiger partial charge in [0.2, 0.25) is 0 Å². The minimum absolute atomic E-state index is 0.0982. The van der Waals surface area contributed by atoms with E-state index >= 15 is 0 Å². The van der Waals surface area contributed by atoms with Gasteiger partial charge in [-0.1, -0.05) is 12.1 Å². The summed E-state index contributed by atoms with van der Waals surface area (Å²) in [6.45, 7) is 0. The summed E-state index contributed by atoms with van der Waals surface area (Å²) in [7, 11) is 4.87. The number of rotatable bonds is 5. The Morgan fingerprint density at radius 1 is 1.20 bits per heavy atom. The monoisotopic (exact) mass is 343 g/mol. The van der Waals surface area contributed by atoms with Gasteiger partial charge < -0.3 is 9.64 Å².